The van der Waals surface area contributed by atoms with Crippen LogP contribution in [0.5, 0.6) is 0 Å². The SMILES string of the molecule is CC1=CC(C)(C)[N+](C)(C)c2ccc(C)cc21.[Br-]. The van der Waals surface area contributed by atoms with Crippen molar-refractivity contribution in [1.82, 2.24) is 4.48 Å². The van der Waals surface area contributed by atoms with Gasteiger partial charge in [-0.3, -0.25) is 4.48 Å². The molecule has 0 atom stereocenters. The van der Waals surface area contributed by atoms with Crippen LogP contribution < -0.4 is 21.5 Å². The summed E-state index contributed by atoms with van der Waals surface area (Å²) in [5, 5.41) is 0. The lowest BCUT2D eigenvalue weighted by Crippen LogP contribution is -3.00. The second-order valence-electron chi connectivity index (χ2n) is 5.96. The van der Waals surface area contributed by atoms with Crippen molar-refractivity contribution in [2.45, 2.75) is 33.2 Å². The van der Waals surface area contributed by atoms with Crippen LogP contribution in [0.2, 0.25) is 0 Å². The lowest BCUT2D eigenvalue weighted by Gasteiger charge is -2.46. The number of hydrogen-bond donors (Lipinski definition) is 0. The van der Waals surface area contributed by atoms with Gasteiger partial charge in [0.2, 0.25) is 0 Å². The van der Waals surface area contributed by atoms with Gasteiger partial charge in [0.1, 0.15) is 11.2 Å². The molecular weight excluding hydrogens is 274 g/mol. The van der Waals surface area contributed by atoms with Crippen molar-refractivity contribution in [3.8, 4) is 0 Å². The maximum absolute atomic E-state index is 2.40. The summed E-state index contributed by atoms with van der Waals surface area (Å²) in [7, 11) is 4.58. The van der Waals surface area contributed by atoms with Gasteiger partial charge in [-0.15, -0.1) is 0 Å². The minimum absolute atomic E-state index is 0. The van der Waals surface area contributed by atoms with E-state index in [1.54, 1.807) is 0 Å². The molecule has 1 aliphatic rings. The van der Waals surface area contributed by atoms with Gasteiger partial charge < -0.3 is 17.0 Å². The van der Waals surface area contributed by atoms with Crippen molar-refractivity contribution >= 4 is 11.3 Å². The van der Waals surface area contributed by atoms with Crippen LogP contribution in [0.15, 0.2) is 24.3 Å². The molecule has 0 amide bonds. The van der Waals surface area contributed by atoms with Crippen LogP contribution in [0.25, 0.3) is 5.57 Å². The second-order valence-corrected chi connectivity index (χ2v) is 5.96. The number of benzene rings is 1. The summed E-state index contributed by atoms with van der Waals surface area (Å²) in [5.74, 6) is 0. The number of allylic oxidation sites excluding steroid dienone is 1. The van der Waals surface area contributed by atoms with Crippen LogP contribution in [0, 0.1) is 6.92 Å². The third-order valence-electron chi connectivity index (χ3n) is 4.19. The largest absolute Gasteiger partial charge is 1.00 e. The van der Waals surface area contributed by atoms with Crippen molar-refractivity contribution < 1.29 is 17.0 Å². The lowest BCUT2D eigenvalue weighted by atomic mass is 9.86. The molecule has 0 spiro atoms. The van der Waals surface area contributed by atoms with Crippen molar-refractivity contribution in [1.29, 1.82) is 0 Å². The zero-order valence-electron chi connectivity index (χ0n) is 11.6. The number of halogens is 1. The lowest BCUT2D eigenvalue weighted by molar-refractivity contribution is -0.00000373. The quantitative estimate of drug-likeness (QED) is 0.620. The predicted octanol–water partition coefficient (Wildman–Crippen LogP) is 0.761. The molecule has 2 heteroatoms. The van der Waals surface area contributed by atoms with E-state index in [-0.39, 0.29) is 22.5 Å². The first kappa shape index (κ1) is 14.5. The molecule has 0 saturated carbocycles. The molecule has 0 fully saturated rings. The van der Waals surface area contributed by atoms with Crippen LogP contribution >= 0.6 is 0 Å². The Morgan fingerprint density at radius 2 is 1.65 bits per heavy atom. The van der Waals surface area contributed by atoms with E-state index in [1.165, 1.54) is 22.4 Å². The van der Waals surface area contributed by atoms with Crippen LogP contribution in [0.1, 0.15) is 31.9 Å². The molecule has 0 bridgehead atoms. The molecular formula is C15H22BrN. The van der Waals surface area contributed by atoms with Crippen molar-refractivity contribution in [2.75, 3.05) is 14.1 Å². The average Bonchev–Trinajstić information content (AvgIpc) is 2.14. The van der Waals surface area contributed by atoms with Gasteiger partial charge in [-0.05, 0) is 45.4 Å². The molecule has 1 aromatic carbocycles. The topological polar surface area (TPSA) is 0 Å². The summed E-state index contributed by atoms with van der Waals surface area (Å²) >= 11 is 0. The van der Waals surface area contributed by atoms with Gasteiger partial charge in [0.15, 0.2) is 0 Å². The van der Waals surface area contributed by atoms with E-state index >= 15 is 0 Å². The number of quaternary nitrogens is 1. The highest BCUT2D eigenvalue weighted by Crippen LogP contribution is 2.42. The molecule has 1 nitrogen and oxygen atoms in total. The van der Waals surface area contributed by atoms with E-state index in [9.17, 15) is 0 Å². The van der Waals surface area contributed by atoms with E-state index in [1.807, 2.05) is 0 Å². The molecule has 94 valence electrons. The molecule has 1 heterocycles. The predicted molar refractivity (Wildman–Crippen MR) is 72.6 cm³/mol. The zero-order valence-corrected chi connectivity index (χ0v) is 13.2. The average molecular weight is 296 g/mol. The van der Waals surface area contributed by atoms with Crippen LogP contribution in [0.3, 0.4) is 0 Å². The third-order valence-corrected chi connectivity index (χ3v) is 4.19. The minimum atomic E-state index is 0. The zero-order chi connectivity index (χ0) is 12.1. The molecule has 2 rings (SSSR count). The Labute approximate surface area is 116 Å². The highest BCUT2D eigenvalue weighted by molar-refractivity contribution is 5.79. The normalized spacial score (nSPS) is 20.0. The van der Waals surface area contributed by atoms with Crippen LogP contribution in [-0.4, -0.2) is 19.6 Å². The summed E-state index contributed by atoms with van der Waals surface area (Å²) in [6.07, 6.45) is 2.40. The number of aryl methyl sites for hydroxylation is 1. The fourth-order valence-electron chi connectivity index (χ4n) is 2.53. The molecule has 0 aromatic heterocycles. The molecule has 0 aliphatic carbocycles. The van der Waals surface area contributed by atoms with Gasteiger partial charge in [0, 0.05) is 11.6 Å². The van der Waals surface area contributed by atoms with Gasteiger partial charge >= 0.3 is 0 Å². The molecule has 17 heavy (non-hydrogen) atoms. The number of nitrogens with zero attached hydrogens (tertiary/aromatic N) is 1. The first-order valence-electron chi connectivity index (χ1n) is 5.91. The molecule has 0 radical (unpaired) electrons. The van der Waals surface area contributed by atoms with Gasteiger partial charge in [-0.2, -0.15) is 0 Å². The maximum Gasteiger partial charge on any atom is 0.140 e. The van der Waals surface area contributed by atoms with Crippen molar-refractivity contribution in [3.63, 3.8) is 0 Å². The third kappa shape index (κ3) is 2.09. The standard InChI is InChI=1S/C15H22N.BrH/c1-11-7-8-14-13(9-11)12(2)10-15(3,4)16(14,5)6;/h7-10H,1-6H3;1H/q+1;/p-1. The van der Waals surface area contributed by atoms with Crippen molar-refractivity contribution in [2.24, 2.45) is 0 Å². The summed E-state index contributed by atoms with van der Waals surface area (Å²) < 4.78 is 0.917. The Kier molecular flexibility index (Phi) is 3.62. The van der Waals surface area contributed by atoms with E-state index in [4.69, 9.17) is 0 Å². The fourth-order valence-corrected chi connectivity index (χ4v) is 2.53. The first-order valence-corrected chi connectivity index (χ1v) is 5.91. The summed E-state index contributed by atoms with van der Waals surface area (Å²) in [6, 6.07) is 6.80. The van der Waals surface area contributed by atoms with Crippen LogP contribution in [0.4, 0.5) is 5.69 Å². The van der Waals surface area contributed by atoms with Gasteiger partial charge in [-0.1, -0.05) is 11.6 Å². The first-order chi connectivity index (χ1) is 7.25. The van der Waals surface area contributed by atoms with E-state index in [0.29, 0.717) is 0 Å². The maximum atomic E-state index is 2.40. The Morgan fingerprint density at radius 3 is 2.24 bits per heavy atom. The van der Waals surface area contributed by atoms with E-state index in [2.05, 4.69) is 66.1 Å². The molecule has 0 saturated heterocycles. The highest BCUT2D eigenvalue weighted by atomic mass is 79.9. The Hall–Kier alpha value is -0.600. The van der Waals surface area contributed by atoms with Crippen LogP contribution in [-0.2, 0) is 0 Å². The summed E-state index contributed by atoms with van der Waals surface area (Å²) in [6.45, 7) is 8.99. The second kappa shape index (κ2) is 4.25. The number of rotatable bonds is 0. The summed E-state index contributed by atoms with van der Waals surface area (Å²) in [5.41, 5.74) is 5.74. The Bertz CT molecular complexity index is 470. The number of likely N-dealkylation sites (N-methyl/N-ethyl adjacent to an activating group) is 1. The number of hydrogen-bond acceptors (Lipinski definition) is 0. The van der Waals surface area contributed by atoms with Gasteiger partial charge in [0.05, 0.1) is 14.1 Å². The van der Waals surface area contributed by atoms with Gasteiger partial charge in [-0.25, -0.2) is 0 Å². The molecule has 0 unspecified atom stereocenters. The molecule has 0 N–H and O–H groups in total. The highest BCUT2D eigenvalue weighted by Gasteiger charge is 2.41. The minimum Gasteiger partial charge on any atom is -1.00 e. The molecule has 1 aromatic rings. The van der Waals surface area contributed by atoms with Crippen molar-refractivity contribution in [3.05, 3.63) is 35.4 Å². The smallest absolute Gasteiger partial charge is 0.140 e. The molecule has 1 aliphatic heterocycles. The van der Waals surface area contributed by atoms with E-state index in [0.717, 1.165) is 4.48 Å². The van der Waals surface area contributed by atoms with Gasteiger partial charge in [0.25, 0.3) is 0 Å². The Morgan fingerprint density at radius 1 is 1.06 bits per heavy atom. The Balaban J connectivity index is 0.00000144. The number of fused-ring (bicyclic) bond motifs is 1. The summed E-state index contributed by atoms with van der Waals surface area (Å²) in [4.78, 5) is 0. The fraction of sp³-hybridized carbons (Fsp3) is 0.467. The monoisotopic (exact) mass is 295 g/mol. The van der Waals surface area contributed by atoms with E-state index < -0.39 is 0 Å².